The van der Waals surface area contributed by atoms with Gasteiger partial charge in [-0.15, -0.1) is 12.4 Å². The SMILES string of the molecule is Cl.N[C@H]1CCN(C(=O)Cc2coc(-c3ccc(Cl)cc3)n2)C1. The highest BCUT2D eigenvalue weighted by atomic mass is 35.5. The van der Waals surface area contributed by atoms with Crippen LogP contribution in [0, 0.1) is 0 Å². The Morgan fingerprint density at radius 2 is 2.14 bits per heavy atom. The van der Waals surface area contributed by atoms with E-state index in [-0.39, 0.29) is 30.8 Å². The fraction of sp³-hybridized carbons (Fsp3) is 0.333. The zero-order valence-electron chi connectivity index (χ0n) is 11.9. The van der Waals surface area contributed by atoms with Crippen LogP contribution in [0.5, 0.6) is 0 Å². The second-order valence-corrected chi connectivity index (χ2v) is 5.65. The largest absolute Gasteiger partial charge is 0.444 e. The molecule has 0 unspecified atom stereocenters. The van der Waals surface area contributed by atoms with Crippen molar-refractivity contribution in [2.45, 2.75) is 18.9 Å². The van der Waals surface area contributed by atoms with Crippen LogP contribution in [0.15, 0.2) is 34.9 Å². The van der Waals surface area contributed by atoms with E-state index in [1.165, 1.54) is 6.26 Å². The highest BCUT2D eigenvalue weighted by molar-refractivity contribution is 6.30. The molecule has 1 saturated heterocycles. The third-order valence-electron chi connectivity index (χ3n) is 3.55. The van der Waals surface area contributed by atoms with Crippen molar-refractivity contribution in [2.24, 2.45) is 5.73 Å². The van der Waals surface area contributed by atoms with Crippen LogP contribution in [0.3, 0.4) is 0 Å². The molecule has 0 bridgehead atoms. The smallest absolute Gasteiger partial charge is 0.228 e. The minimum Gasteiger partial charge on any atom is -0.444 e. The van der Waals surface area contributed by atoms with Crippen LogP contribution in [-0.2, 0) is 11.2 Å². The number of amides is 1. The lowest BCUT2D eigenvalue weighted by atomic mass is 10.2. The zero-order valence-corrected chi connectivity index (χ0v) is 13.4. The van der Waals surface area contributed by atoms with E-state index in [1.54, 1.807) is 17.0 Å². The van der Waals surface area contributed by atoms with Crippen molar-refractivity contribution in [3.8, 4) is 11.5 Å². The first-order chi connectivity index (χ1) is 10.1. The van der Waals surface area contributed by atoms with Crippen LogP contribution in [0.2, 0.25) is 5.02 Å². The Balaban J connectivity index is 0.00000176. The molecular weight excluding hydrogens is 325 g/mol. The average molecular weight is 342 g/mol. The van der Waals surface area contributed by atoms with Gasteiger partial charge in [0.15, 0.2) is 0 Å². The van der Waals surface area contributed by atoms with Crippen LogP contribution in [0.25, 0.3) is 11.5 Å². The van der Waals surface area contributed by atoms with E-state index in [2.05, 4.69) is 4.98 Å². The van der Waals surface area contributed by atoms with Crippen LogP contribution in [-0.4, -0.2) is 34.9 Å². The molecule has 0 spiro atoms. The molecule has 0 radical (unpaired) electrons. The number of benzene rings is 1. The number of carbonyl (C=O) groups excluding carboxylic acids is 1. The first-order valence-corrected chi connectivity index (χ1v) is 7.23. The molecule has 5 nitrogen and oxygen atoms in total. The lowest BCUT2D eigenvalue weighted by Gasteiger charge is -2.14. The molecule has 1 aromatic carbocycles. The van der Waals surface area contributed by atoms with E-state index in [1.807, 2.05) is 12.1 Å². The molecule has 1 atom stereocenters. The van der Waals surface area contributed by atoms with Crippen molar-refractivity contribution in [1.29, 1.82) is 0 Å². The monoisotopic (exact) mass is 341 g/mol. The topological polar surface area (TPSA) is 72.4 Å². The Morgan fingerprint density at radius 3 is 2.77 bits per heavy atom. The highest BCUT2D eigenvalue weighted by Gasteiger charge is 2.24. The van der Waals surface area contributed by atoms with Crippen molar-refractivity contribution < 1.29 is 9.21 Å². The van der Waals surface area contributed by atoms with Crippen LogP contribution in [0.4, 0.5) is 0 Å². The number of aromatic nitrogens is 1. The summed E-state index contributed by atoms with van der Waals surface area (Å²) in [4.78, 5) is 18.3. The van der Waals surface area contributed by atoms with Crippen molar-refractivity contribution in [2.75, 3.05) is 13.1 Å². The van der Waals surface area contributed by atoms with Gasteiger partial charge in [-0.05, 0) is 30.7 Å². The summed E-state index contributed by atoms with van der Waals surface area (Å²) in [5.74, 6) is 0.534. The Morgan fingerprint density at radius 1 is 1.41 bits per heavy atom. The summed E-state index contributed by atoms with van der Waals surface area (Å²) in [6, 6.07) is 7.31. The van der Waals surface area contributed by atoms with Gasteiger partial charge in [0.2, 0.25) is 11.8 Å². The molecule has 2 aromatic rings. The van der Waals surface area contributed by atoms with Crippen molar-refractivity contribution >= 4 is 29.9 Å². The average Bonchev–Trinajstić information content (AvgIpc) is 3.09. The van der Waals surface area contributed by atoms with Gasteiger partial charge in [-0.2, -0.15) is 0 Å². The second-order valence-electron chi connectivity index (χ2n) is 5.22. The Kier molecular flexibility index (Phi) is 5.45. The summed E-state index contributed by atoms with van der Waals surface area (Å²) in [5.41, 5.74) is 7.27. The van der Waals surface area contributed by atoms with E-state index in [0.717, 1.165) is 18.5 Å². The quantitative estimate of drug-likeness (QED) is 0.930. The summed E-state index contributed by atoms with van der Waals surface area (Å²) in [5, 5.41) is 0.658. The standard InChI is InChI=1S/C15H16ClN3O2.ClH/c16-11-3-1-10(2-4-11)15-18-13(9-21-15)7-14(20)19-6-5-12(17)8-19;/h1-4,9,12H,5-8,17H2;1H/t12-;/m0./s1. The molecule has 2 N–H and O–H groups in total. The van der Waals surface area contributed by atoms with Gasteiger partial charge in [-0.3, -0.25) is 4.79 Å². The highest BCUT2D eigenvalue weighted by Crippen LogP contribution is 2.21. The van der Waals surface area contributed by atoms with Gasteiger partial charge in [-0.1, -0.05) is 11.6 Å². The molecule has 1 aliphatic rings. The predicted octanol–water partition coefficient (Wildman–Crippen LogP) is 2.52. The number of nitrogens with zero attached hydrogens (tertiary/aromatic N) is 2. The summed E-state index contributed by atoms with van der Waals surface area (Å²) < 4.78 is 5.43. The van der Waals surface area contributed by atoms with Crippen molar-refractivity contribution in [3.05, 3.63) is 41.2 Å². The number of nitrogens with two attached hydrogens (primary N) is 1. The molecule has 1 aromatic heterocycles. The number of likely N-dealkylation sites (tertiary alicyclic amines) is 1. The number of halogens is 2. The normalized spacial score (nSPS) is 17.4. The zero-order chi connectivity index (χ0) is 14.8. The Hall–Kier alpha value is -1.56. The summed E-state index contributed by atoms with van der Waals surface area (Å²) in [6.45, 7) is 1.35. The molecule has 3 rings (SSSR count). The van der Waals surface area contributed by atoms with Gasteiger partial charge in [0, 0.05) is 29.7 Å². The maximum absolute atomic E-state index is 12.1. The summed E-state index contributed by atoms with van der Waals surface area (Å²) >= 11 is 5.85. The Labute approximate surface area is 139 Å². The molecule has 2 heterocycles. The number of hydrogen-bond donors (Lipinski definition) is 1. The first kappa shape index (κ1) is 16.8. The molecule has 7 heteroatoms. The van der Waals surface area contributed by atoms with E-state index in [0.29, 0.717) is 23.2 Å². The lowest BCUT2D eigenvalue weighted by Crippen LogP contribution is -2.32. The summed E-state index contributed by atoms with van der Waals surface area (Å²) in [6.07, 6.45) is 2.63. The van der Waals surface area contributed by atoms with E-state index < -0.39 is 0 Å². The van der Waals surface area contributed by atoms with E-state index >= 15 is 0 Å². The van der Waals surface area contributed by atoms with E-state index in [9.17, 15) is 4.79 Å². The van der Waals surface area contributed by atoms with Crippen LogP contribution >= 0.6 is 24.0 Å². The second kappa shape index (κ2) is 7.13. The van der Waals surface area contributed by atoms with Gasteiger partial charge >= 0.3 is 0 Å². The van der Waals surface area contributed by atoms with Crippen LogP contribution < -0.4 is 5.73 Å². The van der Waals surface area contributed by atoms with Gasteiger partial charge in [0.25, 0.3) is 0 Å². The molecular formula is C15H17Cl2N3O2. The fourth-order valence-corrected chi connectivity index (χ4v) is 2.52. The number of carbonyl (C=O) groups is 1. The Bertz CT molecular complexity index is 642. The molecule has 0 saturated carbocycles. The van der Waals surface area contributed by atoms with Gasteiger partial charge in [0.05, 0.1) is 12.1 Å². The molecule has 1 amide bonds. The fourth-order valence-electron chi connectivity index (χ4n) is 2.39. The van der Waals surface area contributed by atoms with Gasteiger partial charge in [0.1, 0.15) is 6.26 Å². The van der Waals surface area contributed by atoms with E-state index in [4.69, 9.17) is 21.8 Å². The van der Waals surface area contributed by atoms with Crippen LogP contribution in [0.1, 0.15) is 12.1 Å². The number of rotatable bonds is 3. The maximum Gasteiger partial charge on any atom is 0.228 e. The molecule has 1 aliphatic heterocycles. The van der Waals surface area contributed by atoms with Gasteiger partial charge < -0.3 is 15.1 Å². The van der Waals surface area contributed by atoms with Gasteiger partial charge in [-0.25, -0.2) is 4.98 Å². The predicted molar refractivity (Wildman–Crippen MR) is 87.1 cm³/mol. The van der Waals surface area contributed by atoms with Crippen molar-refractivity contribution in [1.82, 2.24) is 9.88 Å². The lowest BCUT2D eigenvalue weighted by molar-refractivity contribution is -0.129. The number of hydrogen-bond acceptors (Lipinski definition) is 4. The number of oxazole rings is 1. The minimum absolute atomic E-state index is 0. The molecule has 22 heavy (non-hydrogen) atoms. The van der Waals surface area contributed by atoms with Crippen molar-refractivity contribution in [3.63, 3.8) is 0 Å². The molecule has 118 valence electrons. The summed E-state index contributed by atoms with van der Waals surface area (Å²) in [7, 11) is 0. The minimum atomic E-state index is 0. The molecule has 1 fully saturated rings. The third-order valence-corrected chi connectivity index (χ3v) is 3.80. The maximum atomic E-state index is 12.1. The third kappa shape index (κ3) is 3.80. The molecule has 0 aliphatic carbocycles. The first-order valence-electron chi connectivity index (χ1n) is 6.85.